The summed E-state index contributed by atoms with van der Waals surface area (Å²) >= 11 is 0. The Bertz CT molecular complexity index is 1190. The maximum atomic E-state index is 12.8. The van der Waals surface area contributed by atoms with Crippen LogP contribution < -0.4 is 0 Å². The van der Waals surface area contributed by atoms with Crippen molar-refractivity contribution in [3.8, 4) is 0 Å². The summed E-state index contributed by atoms with van der Waals surface area (Å²) < 4.78 is 30.3. The molecule has 184 valence electrons. The van der Waals surface area contributed by atoms with Crippen LogP contribution in [-0.4, -0.2) is 43.2 Å². The number of rotatable bonds is 7. The average molecular weight is 488 g/mol. The van der Waals surface area contributed by atoms with Gasteiger partial charge in [-0.05, 0) is 23.2 Å². The van der Waals surface area contributed by atoms with E-state index in [-0.39, 0.29) is 13.2 Å². The molecule has 2 fully saturated rings. The third-order valence-electron chi connectivity index (χ3n) is 6.08. The third-order valence-corrected chi connectivity index (χ3v) is 6.08. The van der Waals surface area contributed by atoms with E-state index in [0.29, 0.717) is 5.56 Å². The van der Waals surface area contributed by atoms with Crippen LogP contribution in [0.1, 0.15) is 27.8 Å². The van der Waals surface area contributed by atoms with Crippen molar-refractivity contribution in [2.75, 3.05) is 6.61 Å². The van der Waals surface area contributed by atoms with E-state index in [1.807, 2.05) is 60.7 Å². The first-order chi connectivity index (χ1) is 17.7. The van der Waals surface area contributed by atoms with E-state index in [0.717, 1.165) is 11.1 Å². The first-order valence-electron chi connectivity index (χ1n) is 11.7. The average Bonchev–Trinajstić information content (AvgIpc) is 2.94. The predicted octanol–water partition coefficient (Wildman–Crippen LogP) is 4.95. The molecular formula is C27H25N3O6. The Morgan fingerprint density at radius 2 is 1.61 bits per heavy atom. The normalized spacial score (nSPS) is 27.3. The molecule has 0 radical (unpaired) electrons. The molecule has 3 aromatic carbocycles. The van der Waals surface area contributed by atoms with Crippen LogP contribution in [-0.2, 0) is 30.3 Å². The third kappa shape index (κ3) is 5.41. The molecule has 9 heteroatoms. The molecule has 0 bridgehead atoms. The van der Waals surface area contributed by atoms with Crippen molar-refractivity contribution in [3.63, 3.8) is 0 Å². The largest absolute Gasteiger partial charge is 0.432 e. The van der Waals surface area contributed by atoms with Crippen LogP contribution in [0.3, 0.4) is 0 Å². The van der Waals surface area contributed by atoms with Gasteiger partial charge in [-0.1, -0.05) is 84.0 Å². The maximum absolute atomic E-state index is 12.8. The molecule has 0 aliphatic carbocycles. The number of carbonyl (C=O) groups is 1. The van der Waals surface area contributed by atoms with Gasteiger partial charge in [0.05, 0.1) is 18.8 Å². The van der Waals surface area contributed by atoms with Gasteiger partial charge in [0, 0.05) is 10.5 Å². The lowest BCUT2D eigenvalue weighted by Gasteiger charge is -2.47. The Morgan fingerprint density at radius 3 is 2.31 bits per heavy atom. The molecule has 0 aromatic heterocycles. The van der Waals surface area contributed by atoms with Crippen LogP contribution in [0.5, 0.6) is 0 Å². The van der Waals surface area contributed by atoms with Crippen molar-refractivity contribution < 1.29 is 28.5 Å². The van der Waals surface area contributed by atoms with Crippen LogP contribution in [0.15, 0.2) is 96.1 Å². The maximum Gasteiger partial charge on any atom is 0.340 e. The highest BCUT2D eigenvalue weighted by Gasteiger charge is 2.52. The zero-order chi connectivity index (χ0) is 24.7. The fourth-order valence-electron chi connectivity index (χ4n) is 4.32. The number of hydrogen-bond acceptors (Lipinski definition) is 7. The van der Waals surface area contributed by atoms with Gasteiger partial charge < -0.3 is 23.7 Å². The topological polar surface area (TPSA) is 112 Å². The second-order valence-corrected chi connectivity index (χ2v) is 8.45. The van der Waals surface area contributed by atoms with Crippen molar-refractivity contribution in [2.45, 2.75) is 43.5 Å². The molecule has 6 atom stereocenters. The smallest absolute Gasteiger partial charge is 0.340 e. The molecule has 0 amide bonds. The molecule has 0 saturated carbocycles. The Hall–Kier alpha value is -3.72. The number of azide groups is 1. The lowest BCUT2D eigenvalue weighted by Crippen LogP contribution is -2.62. The fraction of sp³-hybridized carbons (Fsp3) is 0.296. The summed E-state index contributed by atoms with van der Waals surface area (Å²) in [5.41, 5.74) is 11.5. The van der Waals surface area contributed by atoms with Crippen molar-refractivity contribution in [3.05, 3.63) is 118 Å². The Morgan fingerprint density at radius 1 is 0.944 bits per heavy atom. The first-order valence-corrected chi connectivity index (χ1v) is 11.7. The minimum Gasteiger partial charge on any atom is -0.432 e. The number of fused-ring (bicyclic) bond motifs is 1. The van der Waals surface area contributed by atoms with E-state index in [1.165, 1.54) is 0 Å². The van der Waals surface area contributed by atoms with E-state index < -0.39 is 42.9 Å². The zero-order valence-corrected chi connectivity index (χ0v) is 19.3. The molecule has 3 aromatic rings. The Labute approximate surface area is 208 Å². The minimum absolute atomic E-state index is 0.178. The van der Waals surface area contributed by atoms with Gasteiger partial charge in [0.2, 0.25) is 6.29 Å². The molecule has 2 saturated heterocycles. The number of benzene rings is 3. The fourth-order valence-corrected chi connectivity index (χ4v) is 4.32. The van der Waals surface area contributed by atoms with Crippen molar-refractivity contribution in [2.24, 2.45) is 5.11 Å². The molecule has 2 heterocycles. The van der Waals surface area contributed by atoms with Gasteiger partial charge in [-0.15, -0.1) is 0 Å². The lowest BCUT2D eigenvalue weighted by molar-refractivity contribution is -0.340. The molecule has 5 rings (SSSR count). The van der Waals surface area contributed by atoms with Crippen molar-refractivity contribution in [1.29, 1.82) is 0 Å². The van der Waals surface area contributed by atoms with Crippen molar-refractivity contribution in [1.82, 2.24) is 0 Å². The Kier molecular flexibility index (Phi) is 7.56. The second kappa shape index (κ2) is 11.3. The molecule has 2 aliphatic rings. The molecule has 36 heavy (non-hydrogen) atoms. The summed E-state index contributed by atoms with van der Waals surface area (Å²) in [5, 5.41) is 3.93. The summed E-state index contributed by atoms with van der Waals surface area (Å²) in [7, 11) is 0. The quantitative estimate of drug-likeness (QED) is 0.202. The van der Waals surface area contributed by atoms with Gasteiger partial charge in [-0.25, -0.2) is 4.79 Å². The number of nitrogens with zero attached hydrogens (tertiary/aromatic N) is 3. The number of esters is 1. The summed E-state index contributed by atoms with van der Waals surface area (Å²) in [6.07, 6.45) is -3.83. The molecule has 0 unspecified atom stereocenters. The molecule has 9 nitrogen and oxygen atoms in total. The van der Waals surface area contributed by atoms with E-state index in [1.54, 1.807) is 30.3 Å². The van der Waals surface area contributed by atoms with Gasteiger partial charge in [0.1, 0.15) is 24.4 Å². The second-order valence-electron chi connectivity index (χ2n) is 8.45. The van der Waals surface area contributed by atoms with E-state index in [4.69, 9.17) is 23.7 Å². The number of hydrogen-bond donors (Lipinski definition) is 0. The van der Waals surface area contributed by atoms with Crippen LogP contribution in [0.25, 0.3) is 10.4 Å². The lowest BCUT2D eigenvalue weighted by atomic mass is 9.95. The highest BCUT2D eigenvalue weighted by Crippen LogP contribution is 2.37. The van der Waals surface area contributed by atoms with Gasteiger partial charge in [0.15, 0.2) is 6.29 Å². The summed E-state index contributed by atoms with van der Waals surface area (Å²) in [5.74, 6) is -0.598. The van der Waals surface area contributed by atoms with Crippen molar-refractivity contribution >= 4 is 5.97 Å². The van der Waals surface area contributed by atoms with Crippen LogP contribution in [0, 0.1) is 0 Å². The van der Waals surface area contributed by atoms with Gasteiger partial charge in [-0.3, -0.25) is 0 Å². The van der Waals surface area contributed by atoms with Gasteiger partial charge in [-0.2, -0.15) is 0 Å². The number of ether oxygens (including phenoxy) is 5. The standard InChI is InChI=1S/C27H25N3O6/c28-30-29-22-24(32-16-18-10-4-1-5-11-18)23-21(17-33-26(35-23)20-14-8-3-9-15-20)34-27(22)36-25(31)19-12-6-2-7-13-19/h1-15,21-24,26-27H,16-17H2/t21-,22-,23-,24-,26-,27+/m1/s1. The van der Waals surface area contributed by atoms with Crippen LogP contribution in [0.4, 0.5) is 0 Å². The highest BCUT2D eigenvalue weighted by molar-refractivity contribution is 5.89. The summed E-state index contributed by atoms with van der Waals surface area (Å²) in [6.45, 7) is 0.420. The van der Waals surface area contributed by atoms with Crippen LogP contribution in [0.2, 0.25) is 0 Å². The summed E-state index contributed by atoms with van der Waals surface area (Å²) in [4.78, 5) is 15.8. The van der Waals surface area contributed by atoms with E-state index in [2.05, 4.69) is 10.0 Å². The van der Waals surface area contributed by atoms with Gasteiger partial charge in [0.25, 0.3) is 0 Å². The van der Waals surface area contributed by atoms with E-state index >= 15 is 0 Å². The number of carbonyl (C=O) groups excluding carboxylic acids is 1. The minimum atomic E-state index is -1.18. The first kappa shape index (κ1) is 24.0. The summed E-state index contributed by atoms with van der Waals surface area (Å²) in [6, 6.07) is 26.7. The molecular weight excluding hydrogens is 462 g/mol. The molecule has 0 N–H and O–H groups in total. The zero-order valence-electron chi connectivity index (χ0n) is 19.3. The van der Waals surface area contributed by atoms with Gasteiger partial charge >= 0.3 is 5.97 Å². The Balaban J connectivity index is 1.42. The predicted molar refractivity (Wildman–Crippen MR) is 128 cm³/mol. The molecule has 0 spiro atoms. The van der Waals surface area contributed by atoms with Crippen LogP contribution >= 0.6 is 0 Å². The monoisotopic (exact) mass is 487 g/mol. The van der Waals surface area contributed by atoms with E-state index in [9.17, 15) is 10.3 Å². The SMILES string of the molecule is [N-]=[N+]=N[C@H]1[C@H](OC(=O)c2ccccc2)O[C@@H]2CO[C@@H](c3ccccc3)O[C@H]2[C@@H]1OCc1ccccc1. The highest BCUT2D eigenvalue weighted by atomic mass is 16.8. The molecule has 2 aliphatic heterocycles.